The van der Waals surface area contributed by atoms with Gasteiger partial charge in [0.05, 0.1) is 25.2 Å². The highest BCUT2D eigenvalue weighted by molar-refractivity contribution is 5.88. The molecule has 264 valence electrons. The molecule has 6 rings (SSSR count). The summed E-state index contributed by atoms with van der Waals surface area (Å²) in [6.07, 6.45) is 15.8. The summed E-state index contributed by atoms with van der Waals surface area (Å²) in [6.45, 7) is 14.8. The Morgan fingerprint density at radius 2 is 1.82 bits per heavy atom. The lowest BCUT2D eigenvalue weighted by atomic mass is 9.80. The molecule has 3 aliphatic heterocycles. The lowest BCUT2D eigenvalue weighted by Crippen LogP contribution is -2.37. The second-order valence-electron chi connectivity index (χ2n) is 14.1. The summed E-state index contributed by atoms with van der Waals surface area (Å²) in [4.78, 5) is 33.8. The summed E-state index contributed by atoms with van der Waals surface area (Å²) in [5.74, 6) is 0.953. The molecule has 4 aliphatic rings. The van der Waals surface area contributed by atoms with Gasteiger partial charge in [-0.3, -0.25) is 9.59 Å². The Kier molecular flexibility index (Phi) is 9.78. The number of aromatic amines is 2. The molecule has 0 radical (unpaired) electrons. The standard InChI is InChI=1S/C41H50N4O5/c1-10-20(4)15-16-50-34(46)14-13-27-23(7)30-17-28-21(5)25(11-2)32(42-28)18-29-22(6)26(12-3)33(43-29)19-31-24(8)35-39(45-31)36(38(27)44-30)37(40(35)47)41(48)49-9/h2,15,17-19,23,25,27,37-38,40,42-45,47H,10,12-14,16H2,1,3-9H3/b20-15+,30-17-,31-19-,32-18-/t23-,25-,27-,37-,38?,40-/m0/s1. The van der Waals surface area contributed by atoms with Gasteiger partial charge in [0, 0.05) is 57.1 Å². The van der Waals surface area contributed by atoms with Crippen molar-refractivity contribution in [2.75, 3.05) is 13.7 Å². The number of carbonyl (C=O) groups excluding carboxylic acids is 2. The number of ether oxygens (including phenoxy) is 2. The third kappa shape index (κ3) is 5.94. The van der Waals surface area contributed by atoms with Crippen LogP contribution in [-0.4, -0.2) is 46.8 Å². The Labute approximate surface area is 294 Å². The minimum absolute atomic E-state index is 0.0286. The molecule has 0 aromatic carbocycles. The van der Waals surface area contributed by atoms with Gasteiger partial charge in [0.25, 0.3) is 0 Å². The molecule has 2 aromatic rings. The van der Waals surface area contributed by atoms with E-state index in [1.807, 2.05) is 19.9 Å². The molecule has 1 fully saturated rings. The predicted molar refractivity (Wildman–Crippen MR) is 195 cm³/mol. The van der Waals surface area contributed by atoms with Crippen molar-refractivity contribution in [1.29, 1.82) is 0 Å². The minimum atomic E-state index is -1.09. The van der Waals surface area contributed by atoms with Gasteiger partial charge < -0.3 is 35.2 Å². The molecular formula is C41H50N4O5. The SMILES string of the molecule is C#C[C@H]1C(C)=C2/C=C3\NC(C4=c5[nH]/c(c(C)c5[C@H](O)[C@H]4C(=O)OC)=C\c4[nH]c(c(C)c4CC)/C=C/1N2)[C@@H](CCC(=O)OC/C=C(\C)CC)[C@@H]3C. The van der Waals surface area contributed by atoms with Crippen molar-refractivity contribution in [1.82, 2.24) is 20.6 Å². The fraction of sp³-hybridized carbons (Fsp3) is 0.463. The smallest absolute Gasteiger partial charge is 0.315 e. The number of esters is 2. The number of carbonyl (C=O) groups is 2. The van der Waals surface area contributed by atoms with Gasteiger partial charge in [-0.1, -0.05) is 32.3 Å². The van der Waals surface area contributed by atoms with Gasteiger partial charge in [-0.25, -0.2) is 0 Å². The third-order valence-corrected chi connectivity index (χ3v) is 11.5. The summed E-state index contributed by atoms with van der Waals surface area (Å²) >= 11 is 0. The molecule has 0 spiro atoms. The van der Waals surface area contributed by atoms with Crippen LogP contribution in [0.2, 0.25) is 0 Å². The van der Waals surface area contributed by atoms with E-state index < -0.39 is 18.0 Å². The van der Waals surface area contributed by atoms with Crippen LogP contribution in [0, 0.1) is 49.9 Å². The lowest BCUT2D eigenvalue weighted by molar-refractivity contribution is -0.147. The maximum absolute atomic E-state index is 13.5. The van der Waals surface area contributed by atoms with Crippen LogP contribution in [0.15, 0.2) is 40.4 Å². The molecule has 9 heteroatoms. The highest BCUT2D eigenvalue weighted by Gasteiger charge is 2.49. The quantitative estimate of drug-likeness (QED) is 0.157. The number of methoxy groups -OCH3 is 1. The van der Waals surface area contributed by atoms with E-state index in [1.165, 1.54) is 18.2 Å². The molecule has 5 heterocycles. The van der Waals surface area contributed by atoms with Gasteiger partial charge in [0.2, 0.25) is 0 Å². The van der Waals surface area contributed by atoms with Crippen LogP contribution in [0.5, 0.6) is 0 Å². The fourth-order valence-electron chi connectivity index (χ4n) is 8.26. The van der Waals surface area contributed by atoms with Gasteiger partial charge in [-0.2, -0.15) is 0 Å². The van der Waals surface area contributed by atoms with Crippen LogP contribution in [-0.2, 0) is 25.5 Å². The number of nitrogens with one attached hydrogen (secondary N) is 4. The zero-order valence-electron chi connectivity index (χ0n) is 30.5. The summed E-state index contributed by atoms with van der Waals surface area (Å²) in [5.41, 5.74) is 11.6. The Morgan fingerprint density at radius 3 is 2.50 bits per heavy atom. The van der Waals surface area contributed by atoms with Gasteiger partial charge in [-0.05, 0) is 105 Å². The highest BCUT2D eigenvalue weighted by Crippen LogP contribution is 2.45. The van der Waals surface area contributed by atoms with E-state index in [9.17, 15) is 14.7 Å². The number of rotatable bonds is 8. The monoisotopic (exact) mass is 678 g/mol. The topological polar surface area (TPSA) is 128 Å². The normalized spacial score (nSPS) is 28.1. The Morgan fingerprint density at radius 1 is 1.06 bits per heavy atom. The van der Waals surface area contributed by atoms with Crippen LogP contribution in [0.1, 0.15) is 93.6 Å². The van der Waals surface area contributed by atoms with Crippen molar-refractivity contribution >= 4 is 29.7 Å². The van der Waals surface area contributed by atoms with Crippen molar-refractivity contribution in [2.24, 2.45) is 23.7 Å². The van der Waals surface area contributed by atoms with Crippen molar-refractivity contribution < 1.29 is 24.2 Å². The minimum Gasteiger partial charge on any atom is -0.468 e. The number of allylic oxidation sites excluding steroid dienone is 4. The van der Waals surface area contributed by atoms with E-state index in [0.717, 1.165) is 74.3 Å². The molecule has 50 heavy (non-hydrogen) atoms. The Balaban J connectivity index is 1.55. The van der Waals surface area contributed by atoms with Crippen molar-refractivity contribution in [3.8, 4) is 12.3 Å². The van der Waals surface area contributed by atoms with Gasteiger partial charge in [0.15, 0.2) is 0 Å². The highest BCUT2D eigenvalue weighted by atomic mass is 16.5. The summed E-state index contributed by atoms with van der Waals surface area (Å²) < 4.78 is 10.9. The molecular weight excluding hydrogens is 628 g/mol. The van der Waals surface area contributed by atoms with Crippen LogP contribution in [0.3, 0.4) is 0 Å². The number of terminal acetylenes is 1. The third-order valence-electron chi connectivity index (χ3n) is 11.5. The molecule has 0 amide bonds. The number of hydrogen-bond donors (Lipinski definition) is 5. The van der Waals surface area contributed by atoms with Crippen LogP contribution >= 0.6 is 0 Å². The maximum atomic E-state index is 13.5. The second-order valence-corrected chi connectivity index (χ2v) is 14.1. The average Bonchev–Trinajstić information content (AvgIpc) is 3.84. The summed E-state index contributed by atoms with van der Waals surface area (Å²) in [5, 5.41) is 20.9. The molecule has 0 saturated carbocycles. The molecule has 1 aliphatic carbocycles. The first-order valence-electron chi connectivity index (χ1n) is 17.8. The molecule has 6 atom stereocenters. The van der Waals surface area contributed by atoms with E-state index in [0.29, 0.717) is 12.0 Å². The summed E-state index contributed by atoms with van der Waals surface area (Å²) in [7, 11) is 1.35. The Hall–Kier alpha value is -4.68. The van der Waals surface area contributed by atoms with E-state index in [2.05, 4.69) is 79.4 Å². The molecule has 9 nitrogen and oxygen atoms in total. The first-order chi connectivity index (χ1) is 23.9. The maximum Gasteiger partial charge on any atom is 0.315 e. The molecule has 8 bridgehead atoms. The van der Waals surface area contributed by atoms with Crippen molar-refractivity contribution in [3.05, 3.63) is 84.7 Å². The average molecular weight is 679 g/mol. The largest absolute Gasteiger partial charge is 0.468 e. The molecule has 1 unspecified atom stereocenters. The second kappa shape index (κ2) is 13.9. The van der Waals surface area contributed by atoms with E-state index in [-0.39, 0.29) is 42.8 Å². The zero-order valence-corrected chi connectivity index (χ0v) is 30.5. The molecule has 2 aromatic heterocycles. The van der Waals surface area contributed by atoms with Gasteiger partial charge in [0.1, 0.15) is 12.5 Å². The van der Waals surface area contributed by atoms with E-state index in [4.69, 9.17) is 15.9 Å². The molecule has 1 saturated heterocycles. The first-order valence-corrected chi connectivity index (χ1v) is 17.8. The van der Waals surface area contributed by atoms with Crippen LogP contribution in [0.4, 0.5) is 0 Å². The zero-order chi connectivity index (χ0) is 36.0. The van der Waals surface area contributed by atoms with Crippen molar-refractivity contribution in [3.63, 3.8) is 0 Å². The number of aliphatic hydroxyl groups excluding tert-OH is 1. The van der Waals surface area contributed by atoms with E-state index >= 15 is 0 Å². The van der Waals surface area contributed by atoms with Crippen LogP contribution < -0.4 is 21.3 Å². The first kappa shape index (κ1) is 35.2. The fourth-order valence-corrected chi connectivity index (χ4v) is 8.26. The van der Waals surface area contributed by atoms with Crippen LogP contribution in [0.25, 0.3) is 17.7 Å². The number of H-pyrrole nitrogens is 2. The van der Waals surface area contributed by atoms with E-state index in [1.54, 1.807) is 0 Å². The number of hydrogen-bond acceptors (Lipinski definition) is 7. The van der Waals surface area contributed by atoms with Crippen molar-refractivity contribution in [2.45, 2.75) is 86.3 Å². The number of aliphatic hydroxyl groups is 1. The molecule has 5 N–H and O–H groups in total. The number of aromatic nitrogens is 2. The van der Waals surface area contributed by atoms with Gasteiger partial charge in [-0.15, -0.1) is 6.42 Å². The summed E-state index contributed by atoms with van der Waals surface area (Å²) in [6, 6.07) is -0.378. The predicted octanol–water partition coefficient (Wildman–Crippen LogP) is 4.61. The Bertz CT molecular complexity index is 2030. The lowest BCUT2D eigenvalue weighted by Gasteiger charge is -2.27. The number of fused-ring (bicyclic) bond motifs is 8. The van der Waals surface area contributed by atoms with Gasteiger partial charge >= 0.3 is 11.9 Å².